The Morgan fingerprint density at radius 3 is 2.04 bits per heavy atom. The summed E-state index contributed by atoms with van der Waals surface area (Å²) >= 11 is 0. The van der Waals surface area contributed by atoms with Crippen molar-refractivity contribution in [3.8, 4) is 0 Å². The molecule has 0 saturated heterocycles. The van der Waals surface area contributed by atoms with Crippen LogP contribution in [0.1, 0.15) is 43.2 Å². The fourth-order valence-electron chi connectivity index (χ4n) is 3.95. The Morgan fingerprint density at radius 1 is 1.04 bits per heavy atom. The van der Waals surface area contributed by atoms with Crippen molar-refractivity contribution in [1.29, 1.82) is 0 Å². The second kappa shape index (κ2) is 9.51. The first-order valence-electron chi connectivity index (χ1n) is 9.92. The Kier molecular flexibility index (Phi) is 6.82. The zero-order valence-corrected chi connectivity index (χ0v) is 16.3. The highest BCUT2D eigenvalue weighted by Gasteiger charge is 2.35. The van der Waals surface area contributed by atoms with Gasteiger partial charge in [-0.05, 0) is 30.5 Å². The fraction of sp³-hybridized carbons (Fsp3) is 0.391. The summed E-state index contributed by atoms with van der Waals surface area (Å²) in [6.07, 6.45) is 2.03. The summed E-state index contributed by atoms with van der Waals surface area (Å²) in [5, 5.41) is 12.1. The minimum atomic E-state index is -0.803. The van der Waals surface area contributed by atoms with Crippen molar-refractivity contribution < 1.29 is 14.7 Å². The van der Waals surface area contributed by atoms with E-state index in [4.69, 9.17) is 5.11 Å². The Balaban J connectivity index is 1.58. The zero-order valence-electron chi connectivity index (χ0n) is 16.3. The van der Waals surface area contributed by atoms with Crippen LogP contribution < -0.4 is 5.32 Å². The summed E-state index contributed by atoms with van der Waals surface area (Å²) in [5.41, 5.74) is 2.27. The van der Waals surface area contributed by atoms with Gasteiger partial charge in [-0.2, -0.15) is 0 Å². The fourth-order valence-corrected chi connectivity index (χ4v) is 3.95. The highest BCUT2D eigenvalue weighted by Crippen LogP contribution is 2.29. The number of hydrogen-bond donors (Lipinski definition) is 2. The van der Waals surface area contributed by atoms with E-state index in [0.29, 0.717) is 13.0 Å². The molecule has 0 radical (unpaired) electrons. The maximum atomic E-state index is 12.7. The Morgan fingerprint density at radius 2 is 1.57 bits per heavy atom. The van der Waals surface area contributed by atoms with Gasteiger partial charge in [-0.1, -0.05) is 67.6 Å². The summed E-state index contributed by atoms with van der Waals surface area (Å²) < 4.78 is 0. The molecular weight excluding hydrogens is 352 g/mol. The smallest absolute Gasteiger partial charge is 0.317 e. The SMILES string of the molecule is CCN(CC(=O)O)C1CC(NC(=O)CC(c2ccccc2)c2ccccc2)C1. The van der Waals surface area contributed by atoms with Gasteiger partial charge in [0.25, 0.3) is 0 Å². The molecule has 2 N–H and O–H groups in total. The summed E-state index contributed by atoms with van der Waals surface area (Å²) in [7, 11) is 0. The minimum absolute atomic E-state index is 0.0254. The number of nitrogens with one attached hydrogen (secondary N) is 1. The van der Waals surface area contributed by atoms with Gasteiger partial charge in [0.2, 0.25) is 5.91 Å². The third kappa shape index (κ3) is 5.20. The van der Waals surface area contributed by atoms with Crippen LogP contribution in [0.3, 0.4) is 0 Å². The van der Waals surface area contributed by atoms with Crippen LogP contribution in [-0.2, 0) is 9.59 Å². The molecule has 28 heavy (non-hydrogen) atoms. The number of hydrogen-bond acceptors (Lipinski definition) is 3. The maximum Gasteiger partial charge on any atom is 0.317 e. The number of nitrogens with zero attached hydrogens (tertiary/aromatic N) is 1. The number of rotatable bonds is 9. The zero-order chi connectivity index (χ0) is 19.9. The topological polar surface area (TPSA) is 69.6 Å². The van der Waals surface area contributed by atoms with Gasteiger partial charge in [-0.15, -0.1) is 0 Å². The third-order valence-electron chi connectivity index (χ3n) is 5.53. The first-order valence-corrected chi connectivity index (χ1v) is 9.92. The molecule has 1 fully saturated rings. The second-order valence-electron chi connectivity index (χ2n) is 7.42. The quantitative estimate of drug-likeness (QED) is 0.701. The molecule has 0 spiro atoms. The molecule has 2 aromatic carbocycles. The van der Waals surface area contributed by atoms with Crippen molar-refractivity contribution >= 4 is 11.9 Å². The number of likely N-dealkylation sites (N-methyl/N-ethyl adjacent to an activating group) is 1. The Hall–Kier alpha value is -2.66. The van der Waals surface area contributed by atoms with E-state index in [1.54, 1.807) is 0 Å². The number of benzene rings is 2. The lowest BCUT2D eigenvalue weighted by Gasteiger charge is -2.42. The standard InChI is InChI=1S/C23H28N2O3/c1-2-25(16-23(27)28)20-13-19(14-20)24-22(26)15-21(17-9-5-3-6-10-17)18-11-7-4-8-12-18/h3-12,19-21H,2,13-16H2,1H3,(H,24,26)(H,27,28). The van der Waals surface area contributed by atoms with E-state index >= 15 is 0 Å². The van der Waals surface area contributed by atoms with Gasteiger partial charge in [0.15, 0.2) is 0 Å². The average Bonchev–Trinajstić information content (AvgIpc) is 2.68. The van der Waals surface area contributed by atoms with Crippen molar-refractivity contribution in [2.45, 2.75) is 44.2 Å². The van der Waals surface area contributed by atoms with Gasteiger partial charge in [-0.25, -0.2) is 0 Å². The predicted molar refractivity (Wildman–Crippen MR) is 109 cm³/mol. The van der Waals surface area contributed by atoms with Gasteiger partial charge < -0.3 is 10.4 Å². The van der Waals surface area contributed by atoms with E-state index in [1.165, 1.54) is 0 Å². The molecule has 148 valence electrons. The van der Waals surface area contributed by atoms with Crippen LogP contribution >= 0.6 is 0 Å². The summed E-state index contributed by atoms with van der Waals surface area (Å²) in [5.74, 6) is -0.734. The predicted octanol–water partition coefficient (Wildman–Crippen LogP) is 3.26. The van der Waals surface area contributed by atoms with Crippen LogP contribution in [0, 0.1) is 0 Å². The summed E-state index contributed by atoms with van der Waals surface area (Å²) in [6, 6.07) is 20.6. The summed E-state index contributed by atoms with van der Waals surface area (Å²) in [4.78, 5) is 25.6. The van der Waals surface area contributed by atoms with Gasteiger partial charge in [0.1, 0.15) is 0 Å². The Bertz CT molecular complexity index is 733. The number of carboxylic acid groups (broad SMARTS) is 1. The van der Waals surface area contributed by atoms with Gasteiger partial charge in [-0.3, -0.25) is 14.5 Å². The van der Waals surface area contributed by atoms with Crippen LogP contribution in [0.4, 0.5) is 0 Å². The van der Waals surface area contributed by atoms with E-state index in [9.17, 15) is 9.59 Å². The number of carbonyl (C=O) groups excluding carboxylic acids is 1. The van der Waals surface area contributed by atoms with Crippen LogP contribution in [0.15, 0.2) is 60.7 Å². The molecule has 1 aliphatic rings. The van der Waals surface area contributed by atoms with Crippen molar-refractivity contribution in [2.24, 2.45) is 0 Å². The molecule has 1 saturated carbocycles. The lowest BCUT2D eigenvalue weighted by atomic mass is 9.84. The van der Waals surface area contributed by atoms with Gasteiger partial charge >= 0.3 is 5.97 Å². The van der Waals surface area contributed by atoms with E-state index in [1.807, 2.05) is 48.2 Å². The van der Waals surface area contributed by atoms with Crippen LogP contribution in [-0.4, -0.2) is 47.1 Å². The Labute approximate surface area is 166 Å². The van der Waals surface area contributed by atoms with Crippen molar-refractivity contribution in [3.63, 3.8) is 0 Å². The third-order valence-corrected chi connectivity index (χ3v) is 5.53. The number of amides is 1. The molecule has 5 heteroatoms. The molecule has 1 aliphatic carbocycles. The molecule has 0 unspecified atom stereocenters. The maximum absolute atomic E-state index is 12.7. The molecule has 2 aromatic rings. The van der Waals surface area contributed by atoms with Crippen LogP contribution in [0.2, 0.25) is 0 Å². The summed E-state index contributed by atoms with van der Waals surface area (Å²) in [6.45, 7) is 2.74. The van der Waals surface area contributed by atoms with Gasteiger partial charge in [0.05, 0.1) is 6.54 Å². The molecule has 0 aliphatic heterocycles. The van der Waals surface area contributed by atoms with Crippen LogP contribution in [0.25, 0.3) is 0 Å². The largest absolute Gasteiger partial charge is 0.480 e. The molecule has 3 rings (SSSR count). The van der Waals surface area contributed by atoms with Crippen LogP contribution in [0.5, 0.6) is 0 Å². The monoisotopic (exact) mass is 380 g/mol. The molecular formula is C23H28N2O3. The van der Waals surface area contributed by atoms with Gasteiger partial charge in [0, 0.05) is 24.4 Å². The average molecular weight is 380 g/mol. The number of carbonyl (C=O) groups is 2. The number of aliphatic carboxylic acids is 1. The van der Waals surface area contributed by atoms with E-state index in [2.05, 4.69) is 29.6 Å². The first kappa shape index (κ1) is 20.1. The van der Waals surface area contributed by atoms with Crippen molar-refractivity contribution in [2.75, 3.05) is 13.1 Å². The number of carboxylic acids is 1. The lowest BCUT2D eigenvalue weighted by Crippen LogP contribution is -2.54. The van der Waals surface area contributed by atoms with Crippen molar-refractivity contribution in [3.05, 3.63) is 71.8 Å². The highest BCUT2D eigenvalue weighted by atomic mass is 16.4. The van der Waals surface area contributed by atoms with E-state index in [0.717, 1.165) is 24.0 Å². The normalized spacial score (nSPS) is 18.7. The molecule has 5 nitrogen and oxygen atoms in total. The van der Waals surface area contributed by atoms with Crippen molar-refractivity contribution in [1.82, 2.24) is 10.2 Å². The molecule has 0 heterocycles. The highest BCUT2D eigenvalue weighted by molar-refractivity contribution is 5.78. The second-order valence-corrected chi connectivity index (χ2v) is 7.42. The minimum Gasteiger partial charge on any atom is -0.480 e. The molecule has 0 aromatic heterocycles. The lowest BCUT2D eigenvalue weighted by molar-refractivity contribution is -0.139. The molecule has 0 atom stereocenters. The van der Waals surface area contributed by atoms with E-state index < -0.39 is 5.97 Å². The molecule has 1 amide bonds. The first-order chi connectivity index (χ1) is 13.6. The molecule has 0 bridgehead atoms. The van der Waals surface area contributed by atoms with E-state index in [-0.39, 0.29) is 30.5 Å².